The molecule has 1 atom stereocenters. The third-order valence-corrected chi connectivity index (χ3v) is 6.02. The molecule has 1 saturated heterocycles. The van der Waals surface area contributed by atoms with Gasteiger partial charge in [-0.05, 0) is 12.8 Å². The fourth-order valence-corrected chi connectivity index (χ4v) is 4.73. The first kappa shape index (κ1) is 13.7. The molecule has 1 aromatic rings. The zero-order chi connectivity index (χ0) is 14.3. The second-order valence-corrected chi connectivity index (χ2v) is 8.23. The van der Waals surface area contributed by atoms with Crippen molar-refractivity contribution < 1.29 is 18.3 Å². The molecule has 1 unspecified atom stereocenters. The highest BCUT2D eigenvalue weighted by atomic mass is 32.2. The van der Waals surface area contributed by atoms with Gasteiger partial charge in [0.25, 0.3) is 0 Å². The SMILES string of the molecule is O=C(O)CC1CS(=O)(=O)CCN1c1nc(C2CC2)ns1. The van der Waals surface area contributed by atoms with Crippen LogP contribution in [0.25, 0.3) is 0 Å². The number of anilines is 1. The lowest BCUT2D eigenvalue weighted by Gasteiger charge is -2.34. The number of aliphatic carboxylic acids is 1. The predicted molar refractivity (Wildman–Crippen MR) is 73.9 cm³/mol. The van der Waals surface area contributed by atoms with Crippen LogP contribution in [-0.2, 0) is 14.6 Å². The van der Waals surface area contributed by atoms with Gasteiger partial charge in [0, 0.05) is 24.0 Å². The van der Waals surface area contributed by atoms with Crippen molar-refractivity contribution in [2.75, 3.05) is 23.0 Å². The summed E-state index contributed by atoms with van der Waals surface area (Å²) in [6, 6.07) is -0.550. The van der Waals surface area contributed by atoms with Crippen molar-refractivity contribution in [3.05, 3.63) is 5.82 Å². The zero-order valence-corrected chi connectivity index (χ0v) is 12.4. The number of hydrogen-bond acceptors (Lipinski definition) is 7. The van der Waals surface area contributed by atoms with Crippen molar-refractivity contribution >= 4 is 32.5 Å². The minimum Gasteiger partial charge on any atom is -0.481 e. The van der Waals surface area contributed by atoms with Crippen LogP contribution in [-0.4, -0.2) is 52.9 Å². The van der Waals surface area contributed by atoms with Crippen LogP contribution in [0.3, 0.4) is 0 Å². The van der Waals surface area contributed by atoms with Gasteiger partial charge in [0.1, 0.15) is 5.82 Å². The minimum atomic E-state index is -3.16. The average molecular weight is 317 g/mol. The second-order valence-electron chi connectivity index (χ2n) is 5.27. The molecule has 2 aliphatic rings. The number of carboxylic acids is 1. The molecule has 2 heterocycles. The molecule has 0 amide bonds. The van der Waals surface area contributed by atoms with Gasteiger partial charge in [-0.2, -0.15) is 4.37 Å². The molecule has 0 bridgehead atoms. The van der Waals surface area contributed by atoms with E-state index in [0.29, 0.717) is 17.6 Å². The zero-order valence-electron chi connectivity index (χ0n) is 10.7. The molecule has 9 heteroatoms. The van der Waals surface area contributed by atoms with Gasteiger partial charge in [0.2, 0.25) is 5.13 Å². The van der Waals surface area contributed by atoms with Crippen LogP contribution >= 0.6 is 11.5 Å². The summed E-state index contributed by atoms with van der Waals surface area (Å²) in [6.45, 7) is 0.291. The van der Waals surface area contributed by atoms with Crippen LogP contribution < -0.4 is 4.90 Å². The Bertz CT molecular complexity index is 623. The van der Waals surface area contributed by atoms with Gasteiger partial charge in [0.05, 0.1) is 24.0 Å². The normalized spacial score (nSPS) is 25.6. The summed E-state index contributed by atoms with van der Waals surface area (Å²) >= 11 is 1.23. The Balaban J connectivity index is 1.82. The van der Waals surface area contributed by atoms with E-state index in [2.05, 4.69) is 9.36 Å². The van der Waals surface area contributed by atoms with Gasteiger partial charge in [0.15, 0.2) is 9.84 Å². The van der Waals surface area contributed by atoms with Crippen molar-refractivity contribution in [2.24, 2.45) is 0 Å². The Labute approximate surface area is 120 Å². The summed E-state index contributed by atoms with van der Waals surface area (Å²) in [7, 11) is -3.16. The molecular formula is C11H15N3O4S2. The summed E-state index contributed by atoms with van der Waals surface area (Å²) in [4.78, 5) is 17.2. The molecule has 0 aromatic carbocycles. The summed E-state index contributed by atoms with van der Waals surface area (Å²) < 4.78 is 27.7. The van der Waals surface area contributed by atoms with E-state index in [1.165, 1.54) is 11.5 Å². The third-order valence-electron chi connectivity index (χ3n) is 3.56. The van der Waals surface area contributed by atoms with Crippen molar-refractivity contribution in [1.82, 2.24) is 9.36 Å². The topological polar surface area (TPSA) is 100 Å². The molecule has 3 rings (SSSR count). The number of carboxylic acid groups (broad SMARTS) is 1. The smallest absolute Gasteiger partial charge is 0.305 e. The van der Waals surface area contributed by atoms with Crippen molar-refractivity contribution in [3.8, 4) is 0 Å². The number of hydrogen-bond donors (Lipinski definition) is 1. The number of rotatable bonds is 4. The number of nitrogens with zero attached hydrogens (tertiary/aromatic N) is 3. The van der Waals surface area contributed by atoms with Gasteiger partial charge in [-0.25, -0.2) is 13.4 Å². The highest BCUT2D eigenvalue weighted by molar-refractivity contribution is 7.91. The lowest BCUT2D eigenvalue weighted by atomic mass is 10.2. The molecule has 1 aliphatic heterocycles. The molecule has 1 saturated carbocycles. The fraction of sp³-hybridized carbons (Fsp3) is 0.727. The quantitative estimate of drug-likeness (QED) is 0.862. The standard InChI is InChI=1S/C11H15N3O4S2/c15-9(16)5-8-6-20(17,18)4-3-14(8)11-12-10(13-19-11)7-1-2-7/h7-8H,1-6H2,(H,15,16). The van der Waals surface area contributed by atoms with Crippen molar-refractivity contribution in [3.63, 3.8) is 0 Å². The Kier molecular flexibility index (Phi) is 3.41. The van der Waals surface area contributed by atoms with Gasteiger partial charge >= 0.3 is 5.97 Å². The third kappa shape index (κ3) is 2.93. The molecule has 7 nitrogen and oxygen atoms in total. The Morgan fingerprint density at radius 1 is 1.45 bits per heavy atom. The van der Waals surface area contributed by atoms with Gasteiger partial charge < -0.3 is 10.0 Å². The summed E-state index contributed by atoms with van der Waals surface area (Å²) in [5, 5.41) is 9.60. The van der Waals surface area contributed by atoms with Crippen LogP contribution in [0.2, 0.25) is 0 Å². The molecule has 20 heavy (non-hydrogen) atoms. The maximum absolute atomic E-state index is 11.7. The molecule has 1 aromatic heterocycles. The summed E-state index contributed by atoms with van der Waals surface area (Å²) in [6.07, 6.45) is 2.00. The maximum atomic E-state index is 11.7. The van der Waals surface area contributed by atoms with E-state index in [1.807, 2.05) is 0 Å². The van der Waals surface area contributed by atoms with E-state index in [9.17, 15) is 13.2 Å². The molecule has 1 N–H and O–H groups in total. The lowest BCUT2D eigenvalue weighted by Crippen LogP contribution is -2.49. The highest BCUT2D eigenvalue weighted by Gasteiger charge is 2.35. The molecule has 110 valence electrons. The van der Waals surface area contributed by atoms with Gasteiger partial charge in [-0.1, -0.05) is 0 Å². The van der Waals surface area contributed by atoms with Crippen LogP contribution in [0.4, 0.5) is 5.13 Å². The largest absolute Gasteiger partial charge is 0.481 e. The second kappa shape index (κ2) is 4.96. The summed E-state index contributed by atoms with van der Waals surface area (Å²) in [5.41, 5.74) is 0. The Morgan fingerprint density at radius 2 is 2.20 bits per heavy atom. The predicted octanol–water partition coefficient (Wildman–Crippen LogP) is 0.494. The first-order valence-corrected chi connectivity index (χ1v) is 9.06. The Hall–Kier alpha value is -1.22. The average Bonchev–Trinajstić information content (AvgIpc) is 3.07. The van der Waals surface area contributed by atoms with E-state index in [0.717, 1.165) is 18.7 Å². The van der Waals surface area contributed by atoms with E-state index >= 15 is 0 Å². The lowest BCUT2D eigenvalue weighted by molar-refractivity contribution is -0.137. The van der Waals surface area contributed by atoms with Crippen molar-refractivity contribution in [1.29, 1.82) is 0 Å². The van der Waals surface area contributed by atoms with Gasteiger partial charge in [-0.3, -0.25) is 4.79 Å². The minimum absolute atomic E-state index is 0.0431. The van der Waals surface area contributed by atoms with Crippen LogP contribution in [0.5, 0.6) is 0 Å². The molecule has 0 radical (unpaired) electrons. The van der Waals surface area contributed by atoms with Crippen LogP contribution in [0, 0.1) is 0 Å². The van der Waals surface area contributed by atoms with Crippen LogP contribution in [0.1, 0.15) is 31.0 Å². The fourth-order valence-electron chi connectivity index (χ4n) is 2.36. The molecular weight excluding hydrogens is 302 g/mol. The molecule has 1 aliphatic carbocycles. The first-order chi connectivity index (χ1) is 9.44. The maximum Gasteiger partial charge on any atom is 0.305 e. The number of sulfone groups is 1. The molecule has 0 spiro atoms. The van der Waals surface area contributed by atoms with Crippen molar-refractivity contribution in [2.45, 2.75) is 31.2 Å². The van der Waals surface area contributed by atoms with E-state index in [-0.39, 0.29) is 17.9 Å². The van der Waals surface area contributed by atoms with Crippen LogP contribution in [0.15, 0.2) is 0 Å². The first-order valence-electron chi connectivity index (χ1n) is 6.47. The monoisotopic (exact) mass is 317 g/mol. The van der Waals surface area contributed by atoms with E-state index < -0.39 is 21.8 Å². The number of carbonyl (C=O) groups is 1. The summed E-state index contributed by atoms with van der Waals surface area (Å²) in [5.74, 6) is 0.169. The van der Waals surface area contributed by atoms with E-state index in [4.69, 9.17) is 5.11 Å². The highest BCUT2D eigenvalue weighted by Crippen LogP contribution is 2.40. The van der Waals surface area contributed by atoms with E-state index in [1.54, 1.807) is 4.90 Å². The number of aromatic nitrogens is 2. The Morgan fingerprint density at radius 3 is 2.85 bits per heavy atom. The molecule has 2 fully saturated rings. The van der Waals surface area contributed by atoms with Gasteiger partial charge in [-0.15, -0.1) is 0 Å².